The van der Waals surface area contributed by atoms with Crippen LogP contribution in [0.2, 0.25) is 0 Å². The van der Waals surface area contributed by atoms with Crippen LogP contribution in [-0.2, 0) is 0 Å². The first-order chi connectivity index (χ1) is 7.99. The standard InChI is InChI=1S/C14H19N3/c1-9-5-6-10(2)13(7-9)12(4)17-14(15)8-11(3)16-17/h5-8,12H,15H2,1-4H3. The van der Waals surface area contributed by atoms with E-state index in [2.05, 4.69) is 44.1 Å². The average molecular weight is 229 g/mol. The van der Waals surface area contributed by atoms with E-state index in [1.165, 1.54) is 16.7 Å². The molecule has 1 aromatic heterocycles. The van der Waals surface area contributed by atoms with Gasteiger partial charge in [0.2, 0.25) is 0 Å². The molecule has 0 aliphatic heterocycles. The molecule has 3 nitrogen and oxygen atoms in total. The Hall–Kier alpha value is -1.77. The van der Waals surface area contributed by atoms with E-state index in [9.17, 15) is 0 Å². The van der Waals surface area contributed by atoms with E-state index in [4.69, 9.17) is 5.73 Å². The van der Waals surface area contributed by atoms with Crippen LogP contribution in [0.4, 0.5) is 5.82 Å². The van der Waals surface area contributed by atoms with E-state index < -0.39 is 0 Å². The number of aromatic nitrogens is 2. The molecule has 0 spiro atoms. The van der Waals surface area contributed by atoms with E-state index in [0.29, 0.717) is 0 Å². The topological polar surface area (TPSA) is 43.8 Å². The summed E-state index contributed by atoms with van der Waals surface area (Å²) >= 11 is 0. The number of hydrogen-bond donors (Lipinski definition) is 1. The second-order valence-corrected chi connectivity index (χ2v) is 4.69. The Bertz CT molecular complexity index is 540. The van der Waals surface area contributed by atoms with Crippen LogP contribution in [-0.4, -0.2) is 9.78 Å². The highest BCUT2D eigenvalue weighted by Crippen LogP contribution is 2.24. The second-order valence-electron chi connectivity index (χ2n) is 4.69. The van der Waals surface area contributed by atoms with Gasteiger partial charge < -0.3 is 5.73 Å². The van der Waals surface area contributed by atoms with Gasteiger partial charge in [-0.05, 0) is 38.8 Å². The Morgan fingerprint density at radius 2 is 1.88 bits per heavy atom. The molecule has 1 heterocycles. The van der Waals surface area contributed by atoms with Crippen LogP contribution in [0.5, 0.6) is 0 Å². The van der Waals surface area contributed by atoms with Crippen LogP contribution in [0.3, 0.4) is 0 Å². The summed E-state index contributed by atoms with van der Waals surface area (Å²) in [6.45, 7) is 8.32. The molecule has 2 rings (SSSR count). The Balaban J connectivity index is 2.46. The molecular formula is C14H19N3. The number of nitrogens with zero attached hydrogens (tertiary/aromatic N) is 2. The average Bonchev–Trinajstić information content (AvgIpc) is 2.60. The Morgan fingerprint density at radius 3 is 2.47 bits per heavy atom. The van der Waals surface area contributed by atoms with E-state index in [-0.39, 0.29) is 6.04 Å². The monoisotopic (exact) mass is 229 g/mol. The highest BCUT2D eigenvalue weighted by atomic mass is 15.3. The van der Waals surface area contributed by atoms with Gasteiger partial charge in [0.05, 0.1) is 11.7 Å². The first kappa shape index (κ1) is 11.7. The van der Waals surface area contributed by atoms with Crippen molar-refractivity contribution in [2.24, 2.45) is 0 Å². The molecule has 17 heavy (non-hydrogen) atoms. The summed E-state index contributed by atoms with van der Waals surface area (Å²) in [4.78, 5) is 0. The fraction of sp³-hybridized carbons (Fsp3) is 0.357. The first-order valence-corrected chi connectivity index (χ1v) is 5.88. The van der Waals surface area contributed by atoms with E-state index in [0.717, 1.165) is 11.5 Å². The van der Waals surface area contributed by atoms with Gasteiger partial charge in [-0.1, -0.05) is 23.8 Å². The molecule has 1 aromatic carbocycles. The molecule has 1 atom stereocenters. The molecule has 0 amide bonds. The van der Waals surface area contributed by atoms with Gasteiger partial charge in [0, 0.05) is 6.07 Å². The molecule has 3 heteroatoms. The van der Waals surface area contributed by atoms with Crippen molar-refractivity contribution >= 4 is 5.82 Å². The van der Waals surface area contributed by atoms with Crippen LogP contribution < -0.4 is 5.73 Å². The number of benzene rings is 1. The molecule has 0 saturated carbocycles. The maximum absolute atomic E-state index is 5.97. The summed E-state index contributed by atoms with van der Waals surface area (Å²) in [6, 6.07) is 8.55. The molecule has 1 unspecified atom stereocenters. The lowest BCUT2D eigenvalue weighted by Crippen LogP contribution is -2.12. The largest absolute Gasteiger partial charge is 0.384 e. The molecule has 2 N–H and O–H groups in total. The predicted octanol–water partition coefficient (Wildman–Crippen LogP) is 3.00. The molecule has 0 fully saturated rings. The smallest absolute Gasteiger partial charge is 0.122 e. The quantitative estimate of drug-likeness (QED) is 0.860. The number of rotatable bonds is 2. The number of nitrogens with two attached hydrogens (primary N) is 1. The maximum atomic E-state index is 5.97. The first-order valence-electron chi connectivity index (χ1n) is 5.88. The summed E-state index contributed by atoms with van der Waals surface area (Å²) in [7, 11) is 0. The summed E-state index contributed by atoms with van der Waals surface area (Å²) < 4.78 is 1.89. The lowest BCUT2D eigenvalue weighted by atomic mass is 10.0. The molecule has 2 aromatic rings. The van der Waals surface area contributed by atoms with Crippen LogP contribution >= 0.6 is 0 Å². The Labute approximate surface area is 102 Å². The molecule has 90 valence electrons. The van der Waals surface area contributed by atoms with Gasteiger partial charge in [-0.3, -0.25) is 0 Å². The third kappa shape index (κ3) is 2.18. The van der Waals surface area contributed by atoms with Gasteiger partial charge in [-0.15, -0.1) is 0 Å². The second kappa shape index (κ2) is 4.24. The van der Waals surface area contributed by atoms with Gasteiger partial charge >= 0.3 is 0 Å². The predicted molar refractivity (Wildman–Crippen MR) is 71.1 cm³/mol. The van der Waals surface area contributed by atoms with Crippen LogP contribution in [0.15, 0.2) is 24.3 Å². The summed E-state index contributed by atoms with van der Waals surface area (Å²) in [5.41, 5.74) is 10.7. The lowest BCUT2D eigenvalue weighted by molar-refractivity contribution is 0.566. The summed E-state index contributed by atoms with van der Waals surface area (Å²) in [6.07, 6.45) is 0. The molecule has 0 radical (unpaired) electrons. The van der Waals surface area contributed by atoms with E-state index >= 15 is 0 Å². The minimum Gasteiger partial charge on any atom is -0.384 e. The fourth-order valence-corrected chi connectivity index (χ4v) is 2.19. The van der Waals surface area contributed by atoms with Crippen LogP contribution in [0, 0.1) is 20.8 Å². The number of hydrogen-bond acceptors (Lipinski definition) is 2. The third-order valence-electron chi connectivity index (χ3n) is 3.14. The number of nitrogen functional groups attached to an aromatic ring is 1. The van der Waals surface area contributed by atoms with Crippen LogP contribution in [0.25, 0.3) is 0 Å². The fourth-order valence-electron chi connectivity index (χ4n) is 2.19. The molecule has 0 aliphatic rings. The molecule has 0 bridgehead atoms. The van der Waals surface area contributed by atoms with Crippen molar-refractivity contribution in [3.8, 4) is 0 Å². The Morgan fingerprint density at radius 1 is 1.18 bits per heavy atom. The minimum absolute atomic E-state index is 0.170. The lowest BCUT2D eigenvalue weighted by Gasteiger charge is -2.17. The van der Waals surface area contributed by atoms with Gasteiger partial charge in [-0.2, -0.15) is 5.10 Å². The van der Waals surface area contributed by atoms with Crippen molar-refractivity contribution in [1.82, 2.24) is 9.78 Å². The van der Waals surface area contributed by atoms with E-state index in [1.54, 1.807) is 0 Å². The minimum atomic E-state index is 0.170. The molecular weight excluding hydrogens is 210 g/mol. The van der Waals surface area contributed by atoms with Crippen molar-refractivity contribution in [3.05, 3.63) is 46.6 Å². The van der Waals surface area contributed by atoms with Crippen molar-refractivity contribution in [2.45, 2.75) is 33.7 Å². The van der Waals surface area contributed by atoms with Gasteiger partial charge in [0.15, 0.2) is 0 Å². The highest BCUT2D eigenvalue weighted by molar-refractivity contribution is 5.37. The van der Waals surface area contributed by atoms with Crippen molar-refractivity contribution in [3.63, 3.8) is 0 Å². The van der Waals surface area contributed by atoms with Crippen molar-refractivity contribution < 1.29 is 0 Å². The zero-order valence-electron chi connectivity index (χ0n) is 10.9. The normalized spacial score (nSPS) is 12.7. The van der Waals surface area contributed by atoms with Gasteiger partial charge in [0.1, 0.15) is 5.82 Å². The summed E-state index contributed by atoms with van der Waals surface area (Å²) in [5.74, 6) is 0.718. The SMILES string of the molecule is Cc1ccc(C)c(C(C)n2nc(C)cc2N)c1. The Kier molecular flexibility index (Phi) is 2.92. The van der Waals surface area contributed by atoms with Crippen LogP contribution in [0.1, 0.15) is 35.3 Å². The van der Waals surface area contributed by atoms with Crippen molar-refractivity contribution in [2.75, 3.05) is 5.73 Å². The van der Waals surface area contributed by atoms with E-state index in [1.807, 2.05) is 17.7 Å². The highest BCUT2D eigenvalue weighted by Gasteiger charge is 2.14. The number of aryl methyl sites for hydroxylation is 3. The number of anilines is 1. The zero-order valence-corrected chi connectivity index (χ0v) is 10.9. The molecule has 0 aliphatic carbocycles. The summed E-state index contributed by atoms with van der Waals surface area (Å²) in [5, 5.41) is 4.45. The molecule has 0 saturated heterocycles. The van der Waals surface area contributed by atoms with Gasteiger partial charge in [0.25, 0.3) is 0 Å². The third-order valence-corrected chi connectivity index (χ3v) is 3.14. The van der Waals surface area contributed by atoms with Crippen molar-refractivity contribution in [1.29, 1.82) is 0 Å². The maximum Gasteiger partial charge on any atom is 0.122 e. The zero-order chi connectivity index (χ0) is 12.6. The van der Waals surface area contributed by atoms with Gasteiger partial charge in [-0.25, -0.2) is 4.68 Å².